The smallest absolute Gasteiger partial charge is 0.236 e. The Morgan fingerprint density at radius 1 is 0.893 bits per heavy atom. The maximum atomic E-state index is 12.3. The number of thioether (sulfide) groups is 1. The Hall–Kier alpha value is -3.32. The van der Waals surface area contributed by atoms with Gasteiger partial charge in [-0.15, -0.1) is 10.2 Å². The van der Waals surface area contributed by atoms with Crippen LogP contribution in [0.4, 0.5) is 5.69 Å². The molecule has 4 rings (SSSR count). The lowest BCUT2D eigenvalue weighted by atomic mass is 10.2. The Morgan fingerprint density at radius 2 is 1.57 bits per heavy atom. The number of carbonyl (C=O) groups is 1. The van der Waals surface area contributed by atoms with Gasteiger partial charge < -0.3 is 5.32 Å². The molecular weight excluding hydrogens is 370 g/mol. The van der Waals surface area contributed by atoms with E-state index >= 15 is 0 Å². The van der Waals surface area contributed by atoms with Crippen molar-refractivity contribution in [3.8, 4) is 5.95 Å². The first-order chi connectivity index (χ1) is 13.8. The molecule has 0 saturated heterocycles. The lowest BCUT2D eigenvalue weighted by Crippen LogP contribution is -2.15. The molecule has 0 saturated carbocycles. The topological polar surface area (TPSA) is 64.7 Å². The van der Waals surface area contributed by atoms with Gasteiger partial charge in [0.1, 0.15) is 0 Å². The van der Waals surface area contributed by atoms with Gasteiger partial charge in [0.15, 0.2) is 5.16 Å². The summed E-state index contributed by atoms with van der Waals surface area (Å²) in [5.74, 6) is 0.904. The third-order valence-electron chi connectivity index (χ3n) is 4.11. The standard InChI is InChI=1S/C21H19N5OS/c27-19(22-18-11-5-2-6-12-18)16-28-21-24-23-20(25-13-7-8-14-25)26(21)15-17-9-3-1-4-10-17/h1-14H,15-16H2,(H,22,27). The first-order valence-electron chi connectivity index (χ1n) is 8.88. The minimum Gasteiger partial charge on any atom is -0.325 e. The highest BCUT2D eigenvalue weighted by Crippen LogP contribution is 2.21. The molecule has 0 bridgehead atoms. The lowest BCUT2D eigenvalue weighted by Gasteiger charge is -2.11. The van der Waals surface area contributed by atoms with Crippen molar-refractivity contribution in [2.75, 3.05) is 11.1 Å². The quantitative estimate of drug-likeness (QED) is 0.488. The van der Waals surface area contributed by atoms with Gasteiger partial charge in [-0.2, -0.15) is 0 Å². The van der Waals surface area contributed by atoms with Crippen LogP contribution in [0.2, 0.25) is 0 Å². The molecule has 1 N–H and O–H groups in total. The molecule has 0 aliphatic heterocycles. The fraction of sp³-hybridized carbons (Fsp3) is 0.0952. The lowest BCUT2D eigenvalue weighted by molar-refractivity contribution is -0.113. The zero-order chi connectivity index (χ0) is 19.2. The second-order valence-corrected chi connectivity index (χ2v) is 7.09. The number of amides is 1. The van der Waals surface area contributed by atoms with E-state index in [1.54, 1.807) is 0 Å². The Kier molecular flexibility index (Phi) is 5.53. The Labute approximate surface area is 167 Å². The number of carbonyl (C=O) groups excluding carboxylic acids is 1. The van der Waals surface area contributed by atoms with Gasteiger partial charge in [-0.3, -0.25) is 13.9 Å². The molecule has 0 aliphatic rings. The van der Waals surface area contributed by atoms with Crippen LogP contribution in [0.5, 0.6) is 0 Å². The number of rotatable bonds is 7. The number of para-hydroxylation sites is 1. The molecule has 140 valence electrons. The van der Waals surface area contributed by atoms with Crippen molar-refractivity contribution >= 4 is 23.4 Å². The maximum absolute atomic E-state index is 12.3. The van der Waals surface area contributed by atoms with Crippen LogP contribution in [0.25, 0.3) is 5.95 Å². The Bertz CT molecular complexity index is 1030. The molecule has 4 aromatic rings. The van der Waals surface area contributed by atoms with E-state index < -0.39 is 0 Å². The number of nitrogens with one attached hydrogen (secondary N) is 1. The molecule has 1 amide bonds. The van der Waals surface area contributed by atoms with Crippen molar-refractivity contribution in [1.82, 2.24) is 19.3 Å². The molecule has 0 atom stereocenters. The van der Waals surface area contributed by atoms with Gasteiger partial charge in [0.05, 0.1) is 12.3 Å². The molecule has 0 radical (unpaired) electrons. The van der Waals surface area contributed by atoms with Crippen LogP contribution in [-0.4, -0.2) is 31.0 Å². The summed E-state index contributed by atoms with van der Waals surface area (Å²) in [5, 5.41) is 12.3. The fourth-order valence-electron chi connectivity index (χ4n) is 2.80. The van der Waals surface area contributed by atoms with Gasteiger partial charge in [0, 0.05) is 18.1 Å². The number of hydrogen-bond donors (Lipinski definition) is 1. The molecule has 7 heteroatoms. The normalized spacial score (nSPS) is 10.7. The van der Waals surface area contributed by atoms with E-state index in [-0.39, 0.29) is 11.7 Å². The van der Waals surface area contributed by atoms with Gasteiger partial charge in [-0.25, -0.2) is 0 Å². The summed E-state index contributed by atoms with van der Waals surface area (Å²) in [6, 6.07) is 23.5. The molecule has 0 spiro atoms. The molecular formula is C21H19N5OS. The number of aromatic nitrogens is 4. The minimum absolute atomic E-state index is 0.0759. The van der Waals surface area contributed by atoms with Crippen LogP contribution in [0.1, 0.15) is 5.56 Å². The number of hydrogen-bond acceptors (Lipinski definition) is 4. The third-order valence-corrected chi connectivity index (χ3v) is 5.07. The largest absolute Gasteiger partial charge is 0.325 e. The Morgan fingerprint density at radius 3 is 2.29 bits per heavy atom. The summed E-state index contributed by atoms with van der Waals surface area (Å²) < 4.78 is 3.94. The third kappa shape index (κ3) is 4.32. The van der Waals surface area contributed by atoms with E-state index in [1.807, 2.05) is 82.2 Å². The predicted molar refractivity (Wildman–Crippen MR) is 111 cm³/mol. The van der Waals surface area contributed by atoms with Crippen molar-refractivity contribution in [3.05, 3.63) is 90.8 Å². The monoisotopic (exact) mass is 389 g/mol. The first kappa shape index (κ1) is 18.1. The van der Waals surface area contributed by atoms with Crippen LogP contribution in [0, 0.1) is 0 Å². The SMILES string of the molecule is O=C(CSc1nnc(-n2cccc2)n1Cc1ccccc1)Nc1ccccc1. The van der Waals surface area contributed by atoms with Crippen molar-refractivity contribution in [2.45, 2.75) is 11.7 Å². The van der Waals surface area contributed by atoms with Gasteiger partial charge in [-0.1, -0.05) is 60.3 Å². The average molecular weight is 389 g/mol. The highest BCUT2D eigenvalue weighted by Gasteiger charge is 2.15. The van der Waals surface area contributed by atoms with Crippen molar-refractivity contribution in [1.29, 1.82) is 0 Å². The maximum Gasteiger partial charge on any atom is 0.236 e. The molecule has 0 unspecified atom stereocenters. The predicted octanol–water partition coefficient (Wildman–Crippen LogP) is 3.85. The summed E-state index contributed by atoms with van der Waals surface area (Å²) in [4.78, 5) is 12.3. The van der Waals surface area contributed by atoms with E-state index in [1.165, 1.54) is 11.8 Å². The summed E-state index contributed by atoms with van der Waals surface area (Å²) in [6.45, 7) is 0.629. The molecule has 0 aliphatic carbocycles. The van der Waals surface area contributed by atoms with E-state index in [4.69, 9.17) is 0 Å². The van der Waals surface area contributed by atoms with Crippen molar-refractivity contribution in [3.63, 3.8) is 0 Å². The van der Waals surface area contributed by atoms with Crippen molar-refractivity contribution in [2.24, 2.45) is 0 Å². The summed E-state index contributed by atoms with van der Waals surface area (Å²) >= 11 is 1.38. The average Bonchev–Trinajstić information content (AvgIpc) is 3.38. The molecule has 2 aromatic carbocycles. The van der Waals surface area contributed by atoms with Gasteiger partial charge in [-0.05, 0) is 29.8 Å². The summed E-state index contributed by atoms with van der Waals surface area (Å²) in [6.07, 6.45) is 3.87. The molecule has 2 aromatic heterocycles. The number of nitrogens with zero attached hydrogens (tertiary/aromatic N) is 4. The molecule has 6 nitrogen and oxygen atoms in total. The second kappa shape index (κ2) is 8.58. The highest BCUT2D eigenvalue weighted by atomic mass is 32.2. The van der Waals surface area contributed by atoms with Gasteiger partial charge in [0.2, 0.25) is 11.9 Å². The zero-order valence-electron chi connectivity index (χ0n) is 15.1. The number of anilines is 1. The Balaban J connectivity index is 1.52. The van der Waals surface area contributed by atoms with Crippen LogP contribution < -0.4 is 5.32 Å². The summed E-state index contributed by atoms with van der Waals surface area (Å²) in [5.41, 5.74) is 1.93. The van der Waals surface area contributed by atoms with Gasteiger partial charge in [0.25, 0.3) is 0 Å². The zero-order valence-corrected chi connectivity index (χ0v) is 15.9. The van der Waals surface area contributed by atoms with E-state index in [0.29, 0.717) is 11.7 Å². The summed E-state index contributed by atoms with van der Waals surface area (Å²) in [7, 11) is 0. The van der Waals surface area contributed by atoms with Crippen molar-refractivity contribution < 1.29 is 4.79 Å². The van der Waals surface area contributed by atoms with E-state index in [9.17, 15) is 4.79 Å². The highest BCUT2D eigenvalue weighted by molar-refractivity contribution is 7.99. The number of benzene rings is 2. The molecule has 28 heavy (non-hydrogen) atoms. The molecule has 0 fully saturated rings. The second-order valence-electron chi connectivity index (χ2n) is 6.15. The van der Waals surface area contributed by atoms with E-state index in [0.717, 1.165) is 17.2 Å². The first-order valence-corrected chi connectivity index (χ1v) is 9.86. The van der Waals surface area contributed by atoms with E-state index in [2.05, 4.69) is 27.6 Å². The fourth-order valence-corrected chi connectivity index (χ4v) is 3.53. The van der Waals surface area contributed by atoms with Crippen LogP contribution in [-0.2, 0) is 11.3 Å². The van der Waals surface area contributed by atoms with Crippen LogP contribution in [0.15, 0.2) is 90.3 Å². The van der Waals surface area contributed by atoms with Crippen LogP contribution >= 0.6 is 11.8 Å². The van der Waals surface area contributed by atoms with Crippen LogP contribution in [0.3, 0.4) is 0 Å². The molecule has 2 heterocycles. The minimum atomic E-state index is -0.0759. The van der Waals surface area contributed by atoms with Gasteiger partial charge >= 0.3 is 0 Å².